The summed E-state index contributed by atoms with van der Waals surface area (Å²) >= 11 is 1.28. The Labute approximate surface area is 229 Å². The summed E-state index contributed by atoms with van der Waals surface area (Å²) in [6.07, 6.45) is 0. The molecule has 4 aromatic rings. The minimum absolute atomic E-state index is 0.0366. The number of thiophene rings is 1. The summed E-state index contributed by atoms with van der Waals surface area (Å²) in [4.78, 5) is 31.4. The summed E-state index contributed by atoms with van der Waals surface area (Å²) < 4.78 is 11.9. The first-order chi connectivity index (χ1) is 18.9. The quantitative estimate of drug-likeness (QED) is 0.232. The van der Waals surface area contributed by atoms with E-state index in [9.17, 15) is 9.59 Å². The molecule has 0 saturated carbocycles. The number of carbonyl (C=O) groups excluding carboxylic acids is 2. The normalized spacial score (nSPS) is 14.3. The van der Waals surface area contributed by atoms with Gasteiger partial charge in [-0.25, -0.2) is 4.85 Å². The Morgan fingerprint density at radius 2 is 1.23 bits per heavy atom. The Balaban J connectivity index is 1.43. The Morgan fingerprint density at radius 1 is 0.744 bits per heavy atom. The molecule has 6 rings (SSSR count). The van der Waals surface area contributed by atoms with Crippen molar-refractivity contribution in [3.05, 3.63) is 106 Å². The second kappa shape index (κ2) is 9.78. The highest BCUT2D eigenvalue weighted by Gasteiger charge is 2.37. The number of hydrogen-bond donors (Lipinski definition) is 1. The predicted octanol–water partition coefficient (Wildman–Crippen LogP) is 6.56. The molecule has 0 radical (unpaired) electrons. The van der Waals surface area contributed by atoms with Crippen molar-refractivity contribution in [1.82, 2.24) is 5.32 Å². The van der Waals surface area contributed by atoms with Gasteiger partial charge < -0.3 is 14.4 Å². The number of amides is 2. The summed E-state index contributed by atoms with van der Waals surface area (Å²) in [5, 5.41) is 2.22. The van der Waals surface area contributed by atoms with E-state index < -0.39 is 11.8 Å². The Morgan fingerprint density at radius 3 is 1.74 bits per heavy atom. The molecule has 8 heteroatoms. The molecule has 0 aliphatic carbocycles. The topological polar surface area (TPSA) is 72.2 Å². The maximum atomic E-state index is 12.6. The van der Waals surface area contributed by atoms with Crippen LogP contribution in [-0.2, 0) is 9.59 Å². The molecule has 3 aromatic carbocycles. The van der Waals surface area contributed by atoms with Crippen LogP contribution in [0.25, 0.3) is 20.9 Å². The van der Waals surface area contributed by atoms with Gasteiger partial charge >= 0.3 is 0 Å². The van der Waals surface area contributed by atoms with E-state index in [1.165, 1.54) is 22.5 Å². The van der Waals surface area contributed by atoms with Gasteiger partial charge in [-0.3, -0.25) is 14.9 Å². The fourth-order valence-corrected chi connectivity index (χ4v) is 5.90. The maximum Gasteiger partial charge on any atom is 0.264 e. The average Bonchev–Trinajstić information content (AvgIpc) is 3.47. The van der Waals surface area contributed by atoms with E-state index >= 15 is 0 Å². The van der Waals surface area contributed by atoms with Gasteiger partial charge in [-0.05, 0) is 55.8 Å². The minimum Gasteiger partial charge on any atom is -0.485 e. The van der Waals surface area contributed by atoms with Crippen LogP contribution in [0.3, 0.4) is 0 Å². The third kappa shape index (κ3) is 4.33. The molecule has 0 spiro atoms. The molecule has 0 bridgehead atoms. The van der Waals surface area contributed by atoms with Crippen molar-refractivity contribution < 1.29 is 19.1 Å². The highest BCUT2D eigenvalue weighted by atomic mass is 32.1. The van der Waals surface area contributed by atoms with Gasteiger partial charge in [0.05, 0.1) is 21.9 Å². The smallest absolute Gasteiger partial charge is 0.264 e. The highest BCUT2D eigenvalue weighted by molar-refractivity contribution is 7.18. The number of ether oxygens (including phenoxy) is 2. The lowest BCUT2D eigenvalue weighted by Gasteiger charge is -2.26. The molecular formula is C31H23N3O4S. The van der Waals surface area contributed by atoms with Crippen molar-refractivity contribution in [2.24, 2.45) is 0 Å². The zero-order valence-corrected chi connectivity index (χ0v) is 22.1. The molecule has 0 unspecified atom stereocenters. The van der Waals surface area contributed by atoms with Crippen molar-refractivity contribution in [1.29, 1.82) is 0 Å². The van der Waals surface area contributed by atoms with Crippen molar-refractivity contribution >= 4 is 45.8 Å². The fraction of sp³-hybridized carbons (Fsp3) is 0.129. The average molecular weight is 534 g/mol. The summed E-state index contributed by atoms with van der Waals surface area (Å²) in [5.74, 6) is -0.376. The van der Waals surface area contributed by atoms with Gasteiger partial charge in [-0.1, -0.05) is 47.5 Å². The third-order valence-electron chi connectivity index (χ3n) is 6.62. The number of carbonyl (C=O) groups is 2. The number of rotatable bonds is 5. The maximum absolute atomic E-state index is 12.6. The summed E-state index contributed by atoms with van der Waals surface area (Å²) in [5.41, 5.74) is 6.12. The second-order valence-corrected chi connectivity index (χ2v) is 10.3. The summed E-state index contributed by atoms with van der Waals surface area (Å²) in [6.45, 7) is 12.2. The number of fused-ring (bicyclic) bond motifs is 1. The van der Waals surface area contributed by atoms with E-state index in [1.54, 1.807) is 0 Å². The number of anilines is 3. The van der Waals surface area contributed by atoms with Crippen LogP contribution in [0.1, 0.15) is 16.0 Å². The standard InChI is InChI=1S/C31H23N3O4S/c1-18-4-10-21(11-5-18)34(22-12-6-19(2)7-13-22)23-14-8-20(9-15-23)28-26-27(38-17-16-37-26)29(39-28)24-25(32-3)31(36)33-30(24)35/h4-15H,16-17H2,1-2H3,(H,33,35,36). The summed E-state index contributed by atoms with van der Waals surface area (Å²) in [7, 11) is 0. The van der Waals surface area contributed by atoms with E-state index in [-0.39, 0.29) is 11.3 Å². The lowest BCUT2D eigenvalue weighted by atomic mass is 10.1. The van der Waals surface area contributed by atoms with Gasteiger partial charge in [0.1, 0.15) is 13.2 Å². The molecular weight excluding hydrogens is 510 g/mol. The van der Waals surface area contributed by atoms with Crippen LogP contribution in [-0.4, -0.2) is 25.0 Å². The molecule has 0 saturated heterocycles. The Bertz CT molecular complexity index is 1630. The number of hydrogen-bond acceptors (Lipinski definition) is 6. The SMILES string of the molecule is [C-]#[N+]C1=C(c2sc(-c3ccc(N(c4ccc(C)cc4)c4ccc(C)cc4)cc3)c3c2OCCO3)C(=O)NC1=O. The first-order valence-corrected chi connectivity index (χ1v) is 13.2. The van der Waals surface area contributed by atoms with Crippen molar-refractivity contribution in [2.75, 3.05) is 18.1 Å². The number of nitrogens with one attached hydrogen (secondary N) is 1. The van der Waals surface area contributed by atoms with Crippen LogP contribution in [0, 0.1) is 20.4 Å². The molecule has 0 fully saturated rings. The minimum atomic E-state index is -0.693. The number of benzene rings is 3. The zero-order valence-electron chi connectivity index (χ0n) is 21.3. The van der Waals surface area contributed by atoms with Crippen molar-refractivity contribution in [3.63, 3.8) is 0 Å². The Hall–Kier alpha value is -4.87. The number of aryl methyl sites for hydroxylation is 2. The first kappa shape index (κ1) is 24.5. The highest BCUT2D eigenvalue weighted by Crippen LogP contribution is 2.53. The lowest BCUT2D eigenvalue weighted by Crippen LogP contribution is -2.22. The van der Waals surface area contributed by atoms with E-state index in [2.05, 4.69) is 77.4 Å². The van der Waals surface area contributed by atoms with Gasteiger partial charge in [-0.2, -0.15) is 0 Å². The molecule has 2 aliphatic heterocycles. The van der Waals surface area contributed by atoms with Gasteiger partial charge in [0.15, 0.2) is 11.5 Å². The largest absolute Gasteiger partial charge is 0.485 e. The molecule has 0 atom stereocenters. The molecule has 2 amide bonds. The number of nitrogens with zero attached hydrogens (tertiary/aromatic N) is 2. The summed E-state index contributed by atoms with van der Waals surface area (Å²) in [6, 6.07) is 24.9. The van der Waals surface area contributed by atoms with Crippen LogP contribution >= 0.6 is 11.3 Å². The molecule has 192 valence electrons. The van der Waals surface area contributed by atoms with Crippen LogP contribution < -0.4 is 19.7 Å². The van der Waals surface area contributed by atoms with Gasteiger partial charge in [0, 0.05) is 17.1 Å². The molecule has 39 heavy (non-hydrogen) atoms. The molecule has 3 heterocycles. The van der Waals surface area contributed by atoms with E-state index in [4.69, 9.17) is 16.0 Å². The predicted molar refractivity (Wildman–Crippen MR) is 152 cm³/mol. The fourth-order valence-electron chi connectivity index (χ4n) is 4.67. The second-order valence-electron chi connectivity index (χ2n) is 9.29. The van der Waals surface area contributed by atoms with E-state index in [0.717, 1.165) is 27.5 Å². The monoisotopic (exact) mass is 533 g/mol. The molecule has 2 aliphatic rings. The Kier molecular flexibility index (Phi) is 6.14. The first-order valence-electron chi connectivity index (χ1n) is 12.4. The van der Waals surface area contributed by atoms with Crippen molar-refractivity contribution in [3.8, 4) is 21.9 Å². The van der Waals surface area contributed by atoms with Crippen LogP contribution in [0.15, 0.2) is 78.5 Å². The molecule has 7 nitrogen and oxygen atoms in total. The molecule has 1 N–H and O–H groups in total. The van der Waals surface area contributed by atoms with Gasteiger partial charge in [-0.15, -0.1) is 11.3 Å². The zero-order chi connectivity index (χ0) is 27.1. The van der Waals surface area contributed by atoms with E-state index in [1.807, 2.05) is 24.3 Å². The van der Waals surface area contributed by atoms with Crippen LogP contribution in [0.2, 0.25) is 0 Å². The lowest BCUT2D eigenvalue weighted by molar-refractivity contribution is -0.123. The van der Waals surface area contributed by atoms with Gasteiger partial charge in [0.2, 0.25) is 5.91 Å². The third-order valence-corrected chi connectivity index (χ3v) is 7.83. The van der Waals surface area contributed by atoms with Crippen molar-refractivity contribution in [2.45, 2.75) is 13.8 Å². The van der Waals surface area contributed by atoms with E-state index in [0.29, 0.717) is 29.6 Å². The van der Waals surface area contributed by atoms with Crippen LogP contribution in [0.4, 0.5) is 17.1 Å². The van der Waals surface area contributed by atoms with Crippen LogP contribution in [0.5, 0.6) is 11.5 Å². The van der Waals surface area contributed by atoms with Gasteiger partial charge in [0.25, 0.3) is 11.6 Å². The molecule has 1 aromatic heterocycles. The number of imide groups is 1.